The second-order valence-corrected chi connectivity index (χ2v) is 5.49. The fraction of sp³-hybridized carbons (Fsp3) is 0.529. The van der Waals surface area contributed by atoms with Gasteiger partial charge in [-0.05, 0) is 25.0 Å². The highest BCUT2D eigenvalue weighted by molar-refractivity contribution is 5.95. The number of amides is 2. The van der Waals surface area contributed by atoms with Gasteiger partial charge < -0.3 is 15.0 Å². The minimum atomic E-state index is -0.112. The van der Waals surface area contributed by atoms with Gasteiger partial charge in [-0.15, -0.1) is 0 Å². The second-order valence-electron chi connectivity index (χ2n) is 5.49. The number of ether oxygens (including phenoxy) is 1. The van der Waals surface area contributed by atoms with Gasteiger partial charge in [0.05, 0.1) is 0 Å². The van der Waals surface area contributed by atoms with Gasteiger partial charge in [0.25, 0.3) is 5.91 Å². The molecule has 0 unspecified atom stereocenters. The number of benzene rings is 1. The third-order valence-corrected chi connectivity index (χ3v) is 3.68. The molecule has 1 aromatic carbocycles. The van der Waals surface area contributed by atoms with E-state index in [-0.39, 0.29) is 18.4 Å². The third kappa shape index (κ3) is 4.76. The quantitative estimate of drug-likeness (QED) is 0.751. The molecule has 0 radical (unpaired) electrons. The predicted octanol–water partition coefficient (Wildman–Crippen LogP) is 2.50. The SMILES string of the molecule is CCCCCNC(=O)COc1cccc(N2CCCC2=O)c1. The first-order valence-electron chi connectivity index (χ1n) is 8.00. The highest BCUT2D eigenvalue weighted by Gasteiger charge is 2.21. The number of nitrogens with zero attached hydrogens (tertiary/aromatic N) is 1. The molecule has 1 saturated heterocycles. The van der Waals surface area contributed by atoms with Crippen LogP contribution in [0.3, 0.4) is 0 Å². The van der Waals surface area contributed by atoms with Gasteiger partial charge in [-0.25, -0.2) is 0 Å². The summed E-state index contributed by atoms with van der Waals surface area (Å²) in [6.45, 7) is 3.57. The molecule has 0 atom stereocenters. The Balaban J connectivity index is 1.80. The topological polar surface area (TPSA) is 58.6 Å². The average Bonchev–Trinajstić information content (AvgIpc) is 2.96. The van der Waals surface area contributed by atoms with Crippen molar-refractivity contribution in [2.45, 2.75) is 39.0 Å². The summed E-state index contributed by atoms with van der Waals surface area (Å²) >= 11 is 0. The second kappa shape index (κ2) is 8.41. The normalized spacial score (nSPS) is 14.2. The summed E-state index contributed by atoms with van der Waals surface area (Å²) in [7, 11) is 0. The zero-order valence-corrected chi connectivity index (χ0v) is 13.1. The zero-order chi connectivity index (χ0) is 15.8. The van der Waals surface area contributed by atoms with Crippen LogP contribution in [0.5, 0.6) is 5.75 Å². The number of hydrogen-bond acceptors (Lipinski definition) is 3. The van der Waals surface area contributed by atoms with Gasteiger partial charge in [-0.3, -0.25) is 9.59 Å². The molecule has 0 saturated carbocycles. The molecular weight excluding hydrogens is 280 g/mol. The summed E-state index contributed by atoms with van der Waals surface area (Å²) in [5, 5.41) is 2.84. The van der Waals surface area contributed by atoms with E-state index >= 15 is 0 Å². The van der Waals surface area contributed by atoms with Gasteiger partial charge in [0, 0.05) is 31.3 Å². The summed E-state index contributed by atoms with van der Waals surface area (Å²) in [6, 6.07) is 7.35. The van der Waals surface area contributed by atoms with Gasteiger partial charge in [0.15, 0.2) is 6.61 Å². The number of carbonyl (C=O) groups is 2. The van der Waals surface area contributed by atoms with Crippen LogP contribution in [0.2, 0.25) is 0 Å². The van der Waals surface area contributed by atoms with Crippen molar-refractivity contribution >= 4 is 17.5 Å². The number of nitrogens with one attached hydrogen (secondary N) is 1. The van der Waals surface area contributed by atoms with Crippen LogP contribution in [0.1, 0.15) is 39.0 Å². The first kappa shape index (κ1) is 16.3. The van der Waals surface area contributed by atoms with E-state index in [4.69, 9.17) is 4.74 Å². The lowest BCUT2D eigenvalue weighted by molar-refractivity contribution is -0.123. The van der Waals surface area contributed by atoms with E-state index in [1.54, 1.807) is 11.0 Å². The minimum Gasteiger partial charge on any atom is -0.484 e. The van der Waals surface area contributed by atoms with Gasteiger partial charge in [0.2, 0.25) is 5.91 Å². The van der Waals surface area contributed by atoms with E-state index in [9.17, 15) is 9.59 Å². The molecule has 1 aliphatic heterocycles. The Hall–Kier alpha value is -2.04. The monoisotopic (exact) mass is 304 g/mol. The standard InChI is InChI=1S/C17H24N2O3/c1-2-3-4-10-18-16(20)13-22-15-8-5-7-14(12-15)19-11-6-9-17(19)21/h5,7-8,12H,2-4,6,9-11,13H2,1H3,(H,18,20). The van der Waals surface area contributed by atoms with Crippen LogP contribution >= 0.6 is 0 Å². The summed E-state index contributed by atoms with van der Waals surface area (Å²) in [4.78, 5) is 25.2. The first-order chi connectivity index (χ1) is 10.7. The Morgan fingerprint density at radius 2 is 2.23 bits per heavy atom. The molecule has 1 aromatic rings. The van der Waals surface area contributed by atoms with Gasteiger partial charge in [-0.1, -0.05) is 25.8 Å². The van der Waals surface area contributed by atoms with Crippen molar-refractivity contribution < 1.29 is 14.3 Å². The molecule has 1 N–H and O–H groups in total. The molecule has 0 aliphatic carbocycles. The van der Waals surface area contributed by atoms with Crippen molar-refractivity contribution in [2.75, 3.05) is 24.6 Å². The van der Waals surface area contributed by atoms with Crippen LogP contribution < -0.4 is 15.0 Å². The summed E-state index contributed by atoms with van der Waals surface area (Å²) < 4.78 is 5.51. The molecule has 120 valence electrons. The summed E-state index contributed by atoms with van der Waals surface area (Å²) in [5.74, 6) is 0.644. The van der Waals surface area contributed by atoms with Crippen LogP contribution in [0.15, 0.2) is 24.3 Å². The van der Waals surface area contributed by atoms with Crippen LogP contribution in [-0.4, -0.2) is 31.5 Å². The molecular formula is C17H24N2O3. The summed E-state index contributed by atoms with van der Waals surface area (Å²) in [6.07, 6.45) is 4.74. The molecule has 5 heteroatoms. The molecule has 22 heavy (non-hydrogen) atoms. The van der Waals surface area contributed by atoms with Crippen molar-refractivity contribution in [3.63, 3.8) is 0 Å². The van der Waals surface area contributed by atoms with E-state index < -0.39 is 0 Å². The van der Waals surface area contributed by atoms with Gasteiger partial charge in [-0.2, -0.15) is 0 Å². The molecule has 5 nitrogen and oxygen atoms in total. The Labute approximate surface area is 131 Å². The van der Waals surface area contributed by atoms with Crippen molar-refractivity contribution in [1.82, 2.24) is 5.32 Å². The van der Waals surface area contributed by atoms with E-state index in [2.05, 4.69) is 12.2 Å². The van der Waals surface area contributed by atoms with E-state index in [0.29, 0.717) is 18.7 Å². The predicted molar refractivity (Wildman–Crippen MR) is 86.1 cm³/mol. The van der Waals surface area contributed by atoms with E-state index in [1.165, 1.54) is 0 Å². The van der Waals surface area contributed by atoms with E-state index in [1.807, 2.05) is 18.2 Å². The maximum atomic E-state index is 11.7. The van der Waals surface area contributed by atoms with Crippen molar-refractivity contribution in [3.05, 3.63) is 24.3 Å². The first-order valence-corrected chi connectivity index (χ1v) is 8.00. The maximum absolute atomic E-state index is 11.7. The fourth-order valence-electron chi connectivity index (χ4n) is 2.47. The molecule has 1 heterocycles. The number of rotatable bonds is 8. The molecule has 0 bridgehead atoms. The number of carbonyl (C=O) groups excluding carboxylic acids is 2. The Morgan fingerprint density at radius 3 is 2.95 bits per heavy atom. The Kier molecular flexibility index (Phi) is 6.25. The van der Waals surface area contributed by atoms with Crippen molar-refractivity contribution in [1.29, 1.82) is 0 Å². The third-order valence-electron chi connectivity index (χ3n) is 3.68. The molecule has 1 fully saturated rings. The van der Waals surface area contributed by atoms with Crippen LogP contribution in [0, 0.1) is 0 Å². The van der Waals surface area contributed by atoms with Crippen LogP contribution in [-0.2, 0) is 9.59 Å². The largest absolute Gasteiger partial charge is 0.484 e. The molecule has 2 rings (SSSR count). The fourth-order valence-corrected chi connectivity index (χ4v) is 2.47. The van der Waals surface area contributed by atoms with Crippen molar-refractivity contribution in [2.24, 2.45) is 0 Å². The zero-order valence-electron chi connectivity index (χ0n) is 13.1. The highest BCUT2D eigenvalue weighted by Crippen LogP contribution is 2.25. The van der Waals surface area contributed by atoms with E-state index in [0.717, 1.165) is 37.9 Å². The lowest BCUT2D eigenvalue weighted by Gasteiger charge is -2.16. The lowest BCUT2D eigenvalue weighted by Crippen LogP contribution is -2.29. The molecule has 0 spiro atoms. The number of anilines is 1. The molecule has 0 aromatic heterocycles. The van der Waals surface area contributed by atoms with Gasteiger partial charge in [0.1, 0.15) is 5.75 Å². The highest BCUT2D eigenvalue weighted by atomic mass is 16.5. The minimum absolute atomic E-state index is 0.00350. The maximum Gasteiger partial charge on any atom is 0.257 e. The smallest absolute Gasteiger partial charge is 0.257 e. The van der Waals surface area contributed by atoms with Gasteiger partial charge >= 0.3 is 0 Å². The Morgan fingerprint density at radius 1 is 1.36 bits per heavy atom. The molecule has 2 amide bonds. The molecule has 1 aliphatic rings. The van der Waals surface area contributed by atoms with Crippen LogP contribution in [0.4, 0.5) is 5.69 Å². The average molecular weight is 304 g/mol. The number of unbranched alkanes of at least 4 members (excludes halogenated alkanes) is 2. The lowest BCUT2D eigenvalue weighted by atomic mass is 10.2. The van der Waals surface area contributed by atoms with Crippen molar-refractivity contribution in [3.8, 4) is 5.75 Å². The van der Waals surface area contributed by atoms with Crippen LogP contribution in [0.25, 0.3) is 0 Å². The number of hydrogen-bond donors (Lipinski definition) is 1. The Bertz CT molecular complexity index is 516. The summed E-state index contributed by atoms with van der Waals surface area (Å²) in [5.41, 5.74) is 0.836.